The van der Waals surface area contributed by atoms with Crippen molar-refractivity contribution in [2.24, 2.45) is 11.5 Å². The standard InChI is InChI=1S/C13H20N2O2/c1-17-13(16)11-7-3-2-6-10(11)12(15)8-4-5-9-14/h2-3,6-7,12H,4-5,8-9,14-15H2,1H3/t12-/m0/s1. The summed E-state index contributed by atoms with van der Waals surface area (Å²) in [6, 6.07) is 7.16. The Morgan fingerprint density at radius 2 is 2.06 bits per heavy atom. The molecule has 1 aromatic rings. The molecule has 0 aliphatic carbocycles. The molecule has 1 aromatic carbocycles. The molecular formula is C13H20N2O2. The van der Waals surface area contributed by atoms with Crippen molar-refractivity contribution in [2.45, 2.75) is 25.3 Å². The van der Waals surface area contributed by atoms with Gasteiger partial charge in [0.1, 0.15) is 0 Å². The smallest absolute Gasteiger partial charge is 0.338 e. The van der Waals surface area contributed by atoms with Crippen molar-refractivity contribution in [3.8, 4) is 0 Å². The van der Waals surface area contributed by atoms with Gasteiger partial charge in [-0.1, -0.05) is 24.6 Å². The Hall–Kier alpha value is -1.39. The summed E-state index contributed by atoms with van der Waals surface area (Å²) < 4.78 is 4.74. The van der Waals surface area contributed by atoms with Gasteiger partial charge >= 0.3 is 5.97 Å². The molecule has 0 saturated heterocycles. The third-order valence-electron chi connectivity index (χ3n) is 2.73. The van der Waals surface area contributed by atoms with Crippen LogP contribution in [0.2, 0.25) is 0 Å². The fourth-order valence-corrected chi connectivity index (χ4v) is 1.78. The summed E-state index contributed by atoms with van der Waals surface area (Å²) in [4.78, 5) is 11.6. The van der Waals surface area contributed by atoms with Crippen LogP contribution in [0, 0.1) is 0 Å². The highest BCUT2D eigenvalue weighted by molar-refractivity contribution is 5.91. The van der Waals surface area contributed by atoms with E-state index in [1.165, 1.54) is 7.11 Å². The van der Waals surface area contributed by atoms with Gasteiger partial charge in [0, 0.05) is 6.04 Å². The minimum Gasteiger partial charge on any atom is -0.465 e. The zero-order valence-electron chi connectivity index (χ0n) is 10.2. The summed E-state index contributed by atoms with van der Waals surface area (Å²) in [6.45, 7) is 0.672. The second kappa shape index (κ2) is 7.04. The minimum atomic E-state index is -0.338. The quantitative estimate of drug-likeness (QED) is 0.581. The first-order valence-corrected chi connectivity index (χ1v) is 5.83. The van der Waals surface area contributed by atoms with E-state index in [1.54, 1.807) is 6.07 Å². The number of hydrogen-bond donors (Lipinski definition) is 2. The number of ether oxygens (including phenoxy) is 1. The Morgan fingerprint density at radius 1 is 1.35 bits per heavy atom. The number of carbonyl (C=O) groups is 1. The lowest BCUT2D eigenvalue weighted by atomic mass is 9.97. The van der Waals surface area contributed by atoms with E-state index < -0.39 is 0 Å². The number of unbranched alkanes of at least 4 members (excludes halogenated alkanes) is 1. The van der Waals surface area contributed by atoms with Crippen LogP contribution in [-0.2, 0) is 4.74 Å². The van der Waals surface area contributed by atoms with Gasteiger partial charge in [-0.05, 0) is 31.0 Å². The lowest BCUT2D eigenvalue weighted by molar-refractivity contribution is 0.0599. The van der Waals surface area contributed by atoms with Crippen LogP contribution in [0.25, 0.3) is 0 Å². The van der Waals surface area contributed by atoms with Gasteiger partial charge in [-0.2, -0.15) is 0 Å². The summed E-state index contributed by atoms with van der Waals surface area (Å²) >= 11 is 0. The fourth-order valence-electron chi connectivity index (χ4n) is 1.78. The van der Waals surface area contributed by atoms with Crippen LogP contribution < -0.4 is 11.5 Å². The van der Waals surface area contributed by atoms with Crippen LogP contribution in [0.15, 0.2) is 24.3 Å². The molecule has 17 heavy (non-hydrogen) atoms. The maximum absolute atomic E-state index is 11.6. The Bertz CT molecular complexity index is 366. The number of rotatable bonds is 6. The van der Waals surface area contributed by atoms with Crippen molar-refractivity contribution in [2.75, 3.05) is 13.7 Å². The number of carbonyl (C=O) groups excluding carboxylic acids is 1. The van der Waals surface area contributed by atoms with E-state index in [-0.39, 0.29) is 12.0 Å². The van der Waals surface area contributed by atoms with Gasteiger partial charge in [-0.25, -0.2) is 4.79 Å². The van der Waals surface area contributed by atoms with Crippen LogP contribution >= 0.6 is 0 Å². The van der Waals surface area contributed by atoms with Crippen molar-refractivity contribution >= 4 is 5.97 Å². The van der Waals surface area contributed by atoms with Gasteiger partial charge < -0.3 is 16.2 Å². The van der Waals surface area contributed by atoms with E-state index in [2.05, 4.69) is 0 Å². The topological polar surface area (TPSA) is 78.3 Å². The molecule has 0 bridgehead atoms. The van der Waals surface area contributed by atoms with E-state index in [0.29, 0.717) is 12.1 Å². The van der Waals surface area contributed by atoms with Crippen molar-refractivity contribution in [1.29, 1.82) is 0 Å². The monoisotopic (exact) mass is 236 g/mol. The Balaban J connectivity index is 2.78. The average Bonchev–Trinajstić information content (AvgIpc) is 2.38. The highest BCUT2D eigenvalue weighted by Gasteiger charge is 2.15. The predicted octanol–water partition coefficient (Wildman–Crippen LogP) is 1.60. The van der Waals surface area contributed by atoms with Crippen molar-refractivity contribution in [3.05, 3.63) is 35.4 Å². The maximum atomic E-state index is 11.6. The normalized spacial score (nSPS) is 12.2. The third-order valence-corrected chi connectivity index (χ3v) is 2.73. The molecule has 0 radical (unpaired) electrons. The second-order valence-electron chi connectivity index (χ2n) is 3.97. The van der Waals surface area contributed by atoms with Crippen LogP contribution in [0.4, 0.5) is 0 Å². The first-order chi connectivity index (χ1) is 8.20. The van der Waals surface area contributed by atoms with Crippen LogP contribution in [0.5, 0.6) is 0 Å². The molecule has 1 rings (SSSR count). The third kappa shape index (κ3) is 3.84. The molecule has 0 saturated carbocycles. The summed E-state index contributed by atoms with van der Waals surface area (Å²) in [7, 11) is 1.37. The van der Waals surface area contributed by atoms with Crippen LogP contribution in [0.1, 0.15) is 41.2 Å². The molecule has 0 fully saturated rings. The van der Waals surface area contributed by atoms with Crippen LogP contribution in [-0.4, -0.2) is 19.6 Å². The molecule has 0 aliphatic rings. The SMILES string of the molecule is COC(=O)c1ccccc1[C@@H](N)CCCCN. The maximum Gasteiger partial charge on any atom is 0.338 e. The minimum absolute atomic E-state index is 0.142. The van der Waals surface area contributed by atoms with Crippen LogP contribution in [0.3, 0.4) is 0 Å². The summed E-state index contributed by atoms with van der Waals surface area (Å²) in [5.74, 6) is -0.338. The second-order valence-corrected chi connectivity index (χ2v) is 3.97. The van der Waals surface area contributed by atoms with Crippen molar-refractivity contribution in [3.63, 3.8) is 0 Å². The molecule has 0 spiro atoms. The molecule has 94 valence electrons. The summed E-state index contributed by atoms with van der Waals surface area (Å²) in [5, 5.41) is 0. The van der Waals surface area contributed by atoms with Gasteiger partial charge in [-0.15, -0.1) is 0 Å². The number of hydrogen-bond acceptors (Lipinski definition) is 4. The molecule has 0 heterocycles. The lowest BCUT2D eigenvalue weighted by Crippen LogP contribution is -2.16. The number of benzene rings is 1. The first-order valence-electron chi connectivity index (χ1n) is 5.83. The molecule has 0 aliphatic heterocycles. The van der Waals surface area contributed by atoms with Gasteiger partial charge in [0.15, 0.2) is 0 Å². The van der Waals surface area contributed by atoms with Gasteiger partial charge in [0.2, 0.25) is 0 Å². The first kappa shape index (κ1) is 13.7. The zero-order valence-corrected chi connectivity index (χ0v) is 10.2. The molecule has 4 heteroatoms. The zero-order chi connectivity index (χ0) is 12.7. The molecular weight excluding hydrogens is 216 g/mol. The molecule has 1 atom stereocenters. The summed E-state index contributed by atoms with van der Waals surface area (Å²) in [5.41, 5.74) is 12.9. The lowest BCUT2D eigenvalue weighted by Gasteiger charge is -2.15. The Kier molecular flexibility index (Phi) is 5.66. The van der Waals surface area contributed by atoms with E-state index in [4.69, 9.17) is 16.2 Å². The number of methoxy groups -OCH3 is 1. The van der Waals surface area contributed by atoms with E-state index in [0.717, 1.165) is 24.8 Å². The van der Waals surface area contributed by atoms with E-state index in [9.17, 15) is 4.79 Å². The highest BCUT2D eigenvalue weighted by Crippen LogP contribution is 2.21. The average molecular weight is 236 g/mol. The van der Waals surface area contributed by atoms with E-state index in [1.807, 2.05) is 18.2 Å². The molecule has 0 aromatic heterocycles. The molecule has 0 amide bonds. The van der Waals surface area contributed by atoms with E-state index >= 15 is 0 Å². The summed E-state index contributed by atoms with van der Waals surface area (Å²) in [6.07, 6.45) is 2.74. The van der Waals surface area contributed by atoms with Gasteiger partial charge in [0.25, 0.3) is 0 Å². The Morgan fingerprint density at radius 3 is 2.71 bits per heavy atom. The van der Waals surface area contributed by atoms with Crippen molar-refractivity contribution < 1.29 is 9.53 Å². The van der Waals surface area contributed by atoms with Gasteiger partial charge in [-0.3, -0.25) is 0 Å². The Labute approximate surface area is 102 Å². The highest BCUT2D eigenvalue weighted by atomic mass is 16.5. The molecule has 0 unspecified atom stereocenters. The fraction of sp³-hybridized carbons (Fsp3) is 0.462. The number of nitrogens with two attached hydrogens (primary N) is 2. The molecule has 4 N–H and O–H groups in total. The largest absolute Gasteiger partial charge is 0.465 e. The predicted molar refractivity (Wildman–Crippen MR) is 67.6 cm³/mol. The molecule has 4 nitrogen and oxygen atoms in total. The number of esters is 1. The van der Waals surface area contributed by atoms with Gasteiger partial charge in [0.05, 0.1) is 12.7 Å². The van der Waals surface area contributed by atoms with Crippen molar-refractivity contribution in [1.82, 2.24) is 0 Å².